The maximum Gasteiger partial charge on any atom is 0.339 e. The molecule has 3 heteroatoms. The third kappa shape index (κ3) is 4.77. The lowest BCUT2D eigenvalue weighted by Crippen LogP contribution is -2.23. The number of aldehydes is 1. The molecule has 0 unspecified atom stereocenters. The lowest BCUT2D eigenvalue weighted by molar-refractivity contribution is -0.130. The number of carbonyl (C=O) groups excluding carboxylic acids is 2. The molecule has 0 bridgehead atoms. The molecule has 0 saturated carbocycles. The van der Waals surface area contributed by atoms with E-state index < -0.39 is 17.8 Å². The van der Waals surface area contributed by atoms with Gasteiger partial charge in [-0.1, -0.05) is 60.7 Å². The molecule has 0 aliphatic carbocycles. The summed E-state index contributed by atoms with van der Waals surface area (Å²) in [5.41, 5.74) is 2.22. The highest BCUT2D eigenvalue weighted by molar-refractivity contribution is 5.92. The minimum absolute atomic E-state index is 0.256. The highest BCUT2D eigenvalue weighted by Crippen LogP contribution is 2.33. The number of esters is 1. The lowest BCUT2D eigenvalue weighted by Gasteiger charge is -2.24. The molecule has 0 radical (unpaired) electrons. The number of allylic oxidation sites excluding steroid dienone is 1. The van der Waals surface area contributed by atoms with Gasteiger partial charge in [0, 0.05) is 17.4 Å². The Labute approximate surface area is 148 Å². The average Bonchev–Trinajstić information content (AvgIpc) is 2.63. The molecule has 0 N–H and O–H groups in total. The van der Waals surface area contributed by atoms with E-state index in [-0.39, 0.29) is 5.57 Å². The summed E-state index contributed by atoms with van der Waals surface area (Å²) in [6.45, 7) is 9.62. The van der Waals surface area contributed by atoms with Crippen LogP contribution in [0.3, 0.4) is 0 Å². The summed E-state index contributed by atoms with van der Waals surface area (Å²) < 4.78 is 5.39. The second-order valence-corrected chi connectivity index (χ2v) is 5.94. The van der Waals surface area contributed by atoms with Crippen molar-refractivity contribution in [2.45, 2.75) is 19.3 Å². The van der Waals surface area contributed by atoms with E-state index in [0.717, 1.165) is 17.4 Å². The SMILES string of the molecule is C=CC[C@@H](C=O)[C@H](C(=C)C(=O)Oc1ccccc1)c1ccc(C)cc1. The van der Waals surface area contributed by atoms with Gasteiger partial charge in [0.25, 0.3) is 0 Å². The molecular formula is C22H22O3. The zero-order chi connectivity index (χ0) is 18.2. The fraction of sp³-hybridized carbons (Fsp3) is 0.182. The van der Waals surface area contributed by atoms with E-state index >= 15 is 0 Å². The molecule has 2 atom stereocenters. The Balaban J connectivity index is 2.31. The molecule has 2 aromatic carbocycles. The van der Waals surface area contributed by atoms with Gasteiger partial charge in [-0.25, -0.2) is 4.79 Å². The molecule has 0 aromatic heterocycles. The highest BCUT2D eigenvalue weighted by Gasteiger charge is 2.29. The third-order valence-electron chi connectivity index (χ3n) is 4.07. The zero-order valence-corrected chi connectivity index (χ0v) is 14.4. The van der Waals surface area contributed by atoms with Gasteiger partial charge in [-0.05, 0) is 31.0 Å². The van der Waals surface area contributed by atoms with Crippen LogP contribution in [0.15, 0.2) is 79.4 Å². The number of benzene rings is 2. The van der Waals surface area contributed by atoms with Crippen molar-refractivity contribution in [3.05, 3.63) is 90.5 Å². The first-order chi connectivity index (χ1) is 12.1. The molecular weight excluding hydrogens is 312 g/mol. The Morgan fingerprint density at radius 3 is 2.32 bits per heavy atom. The summed E-state index contributed by atoms with van der Waals surface area (Å²) in [5.74, 6) is -0.960. The molecule has 0 spiro atoms. The van der Waals surface area contributed by atoms with E-state index in [2.05, 4.69) is 13.2 Å². The van der Waals surface area contributed by atoms with Crippen molar-refractivity contribution >= 4 is 12.3 Å². The summed E-state index contributed by atoms with van der Waals surface area (Å²) in [7, 11) is 0. The van der Waals surface area contributed by atoms with E-state index in [9.17, 15) is 9.59 Å². The molecule has 0 heterocycles. The molecule has 0 fully saturated rings. The normalized spacial score (nSPS) is 12.7. The Hall–Kier alpha value is -2.94. The van der Waals surface area contributed by atoms with Gasteiger partial charge in [-0.15, -0.1) is 6.58 Å². The van der Waals surface area contributed by atoms with E-state index in [1.165, 1.54) is 0 Å². The first kappa shape index (κ1) is 18.4. The number of aryl methyl sites for hydroxylation is 1. The van der Waals surface area contributed by atoms with Crippen LogP contribution in [0.2, 0.25) is 0 Å². The average molecular weight is 334 g/mol. The van der Waals surface area contributed by atoms with Gasteiger partial charge in [-0.2, -0.15) is 0 Å². The summed E-state index contributed by atoms with van der Waals surface area (Å²) >= 11 is 0. The van der Waals surface area contributed by atoms with E-state index in [1.807, 2.05) is 37.3 Å². The number of carbonyl (C=O) groups is 2. The number of hydrogen-bond acceptors (Lipinski definition) is 3. The Morgan fingerprint density at radius 2 is 1.76 bits per heavy atom. The van der Waals surface area contributed by atoms with Crippen LogP contribution >= 0.6 is 0 Å². The summed E-state index contributed by atoms with van der Waals surface area (Å²) in [6.07, 6.45) is 2.99. The first-order valence-electron chi connectivity index (χ1n) is 8.15. The second-order valence-electron chi connectivity index (χ2n) is 5.94. The molecule has 2 aromatic rings. The summed E-state index contributed by atoms with van der Waals surface area (Å²) in [5, 5.41) is 0. The van der Waals surface area contributed by atoms with Gasteiger partial charge in [0.1, 0.15) is 12.0 Å². The van der Waals surface area contributed by atoms with Crippen molar-refractivity contribution in [2.24, 2.45) is 5.92 Å². The molecule has 25 heavy (non-hydrogen) atoms. The predicted octanol–water partition coefficient (Wildman–Crippen LogP) is 4.63. The fourth-order valence-corrected chi connectivity index (χ4v) is 2.73. The maximum absolute atomic E-state index is 12.6. The van der Waals surface area contributed by atoms with Crippen LogP contribution in [0, 0.1) is 12.8 Å². The van der Waals surface area contributed by atoms with Gasteiger partial charge in [-0.3, -0.25) is 0 Å². The molecule has 0 aliphatic rings. The standard InChI is InChI=1S/C22H22O3/c1-4-8-19(15-23)21(18-13-11-16(2)12-14-18)17(3)22(24)25-20-9-6-5-7-10-20/h4-7,9-15,19,21H,1,3,8H2,2H3/t19-,21+/m0/s1. The number of para-hydroxylation sites is 1. The third-order valence-corrected chi connectivity index (χ3v) is 4.07. The van der Waals surface area contributed by atoms with Gasteiger partial charge >= 0.3 is 5.97 Å². The molecule has 3 nitrogen and oxygen atoms in total. The van der Waals surface area contributed by atoms with Crippen molar-refractivity contribution in [1.29, 1.82) is 0 Å². The van der Waals surface area contributed by atoms with Crippen LogP contribution in [-0.4, -0.2) is 12.3 Å². The van der Waals surface area contributed by atoms with Gasteiger partial charge < -0.3 is 9.53 Å². The summed E-state index contributed by atoms with van der Waals surface area (Å²) in [6, 6.07) is 16.6. The summed E-state index contributed by atoms with van der Waals surface area (Å²) in [4.78, 5) is 24.2. The number of hydrogen-bond donors (Lipinski definition) is 0. The van der Waals surface area contributed by atoms with Crippen LogP contribution in [0.1, 0.15) is 23.5 Å². The van der Waals surface area contributed by atoms with E-state index in [4.69, 9.17) is 4.74 Å². The van der Waals surface area contributed by atoms with Gasteiger partial charge in [0.15, 0.2) is 0 Å². The molecule has 128 valence electrons. The van der Waals surface area contributed by atoms with Crippen molar-refractivity contribution < 1.29 is 14.3 Å². The number of rotatable bonds is 8. The molecule has 0 aliphatic heterocycles. The quantitative estimate of drug-likeness (QED) is 0.232. The van der Waals surface area contributed by atoms with Crippen molar-refractivity contribution in [2.75, 3.05) is 0 Å². The van der Waals surface area contributed by atoms with Gasteiger partial charge in [0.05, 0.1) is 0 Å². The highest BCUT2D eigenvalue weighted by atomic mass is 16.5. The topological polar surface area (TPSA) is 43.4 Å². The fourth-order valence-electron chi connectivity index (χ4n) is 2.73. The van der Waals surface area contributed by atoms with Crippen LogP contribution in [-0.2, 0) is 9.59 Å². The van der Waals surface area contributed by atoms with Crippen molar-refractivity contribution in [3.8, 4) is 5.75 Å². The Kier molecular flexibility index (Phi) is 6.47. The lowest BCUT2D eigenvalue weighted by atomic mass is 9.79. The Bertz CT molecular complexity index is 745. The minimum Gasteiger partial charge on any atom is -0.423 e. The number of ether oxygens (including phenoxy) is 1. The van der Waals surface area contributed by atoms with Gasteiger partial charge in [0.2, 0.25) is 0 Å². The Morgan fingerprint density at radius 1 is 1.12 bits per heavy atom. The maximum atomic E-state index is 12.6. The molecule has 0 saturated heterocycles. The first-order valence-corrected chi connectivity index (χ1v) is 8.15. The predicted molar refractivity (Wildman–Crippen MR) is 99.5 cm³/mol. The van der Waals surface area contributed by atoms with E-state index in [0.29, 0.717) is 12.2 Å². The van der Waals surface area contributed by atoms with Crippen molar-refractivity contribution in [3.63, 3.8) is 0 Å². The van der Waals surface area contributed by atoms with E-state index in [1.54, 1.807) is 30.3 Å². The molecule has 2 rings (SSSR count). The monoisotopic (exact) mass is 334 g/mol. The van der Waals surface area contributed by atoms with Crippen LogP contribution in [0.25, 0.3) is 0 Å². The van der Waals surface area contributed by atoms with Crippen LogP contribution < -0.4 is 4.74 Å². The molecule has 0 amide bonds. The largest absolute Gasteiger partial charge is 0.423 e. The smallest absolute Gasteiger partial charge is 0.339 e. The van der Waals surface area contributed by atoms with Crippen LogP contribution in [0.5, 0.6) is 5.75 Å². The minimum atomic E-state index is -0.535. The second kappa shape index (κ2) is 8.78. The van der Waals surface area contributed by atoms with Crippen molar-refractivity contribution in [1.82, 2.24) is 0 Å². The van der Waals surface area contributed by atoms with Crippen LogP contribution in [0.4, 0.5) is 0 Å². The zero-order valence-electron chi connectivity index (χ0n) is 14.4.